The molecule has 0 N–H and O–H groups in total. The normalized spacial score (nSPS) is 10.4. The van der Waals surface area contributed by atoms with E-state index in [9.17, 15) is 0 Å². The van der Waals surface area contributed by atoms with Gasteiger partial charge < -0.3 is 9.30 Å². The van der Waals surface area contributed by atoms with E-state index in [0.717, 1.165) is 23.7 Å². The van der Waals surface area contributed by atoms with E-state index in [-0.39, 0.29) is 0 Å². The average Bonchev–Trinajstić information content (AvgIpc) is 3.02. The summed E-state index contributed by atoms with van der Waals surface area (Å²) in [5, 5.41) is 0. The third kappa shape index (κ3) is 3.03. The van der Waals surface area contributed by atoms with Crippen molar-refractivity contribution in [3.8, 4) is 17.1 Å². The molecule has 3 aromatic heterocycles. The largest absolute Gasteiger partial charge is 0.490 e. The van der Waals surface area contributed by atoms with Crippen molar-refractivity contribution in [2.75, 3.05) is 6.61 Å². The van der Waals surface area contributed by atoms with Gasteiger partial charge in [0.2, 0.25) is 0 Å². The predicted molar refractivity (Wildman–Crippen MR) is 77.4 cm³/mol. The minimum absolute atomic E-state index is 0.624. The molecule has 4 heteroatoms. The van der Waals surface area contributed by atoms with Gasteiger partial charge in [0.05, 0.1) is 24.1 Å². The number of ether oxygens (including phenoxy) is 1. The first-order valence-corrected chi connectivity index (χ1v) is 6.53. The summed E-state index contributed by atoms with van der Waals surface area (Å²) in [4.78, 5) is 8.64. The smallest absolute Gasteiger partial charge is 0.137 e. The molecule has 0 atom stereocenters. The zero-order valence-electron chi connectivity index (χ0n) is 11.0. The Hall–Kier alpha value is -2.62. The van der Waals surface area contributed by atoms with Gasteiger partial charge in [-0.3, -0.25) is 9.97 Å². The van der Waals surface area contributed by atoms with Crippen molar-refractivity contribution >= 4 is 0 Å². The van der Waals surface area contributed by atoms with Crippen LogP contribution in [0.2, 0.25) is 0 Å². The summed E-state index contributed by atoms with van der Waals surface area (Å²) in [6.45, 7) is 1.45. The van der Waals surface area contributed by atoms with Crippen LogP contribution in [0.4, 0.5) is 0 Å². The molecule has 0 saturated carbocycles. The van der Waals surface area contributed by atoms with Gasteiger partial charge in [0.1, 0.15) is 12.4 Å². The average molecular weight is 265 g/mol. The third-order valence-corrected chi connectivity index (χ3v) is 2.95. The van der Waals surface area contributed by atoms with E-state index in [0.29, 0.717) is 6.61 Å². The van der Waals surface area contributed by atoms with Crippen LogP contribution in [0.3, 0.4) is 0 Å². The van der Waals surface area contributed by atoms with Crippen LogP contribution in [0.5, 0.6) is 5.75 Å². The Morgan fingerprint density at radius 2 is 1.75 bits per heavy atom. The molecule has 0 amide bonds. The molecule has 0 fully saturated rings. The summed E-state index contributed by atoms with van der Waals surface area (Å²) < 4.78 is 7.75. The van der Waals surface area contributed by atoms with E-state index >= 15 is 0 Å². The van der Waals surface area contributed by atoms with Gasteiger partial charge in [-0.1, -0.05) is 6.07 Å². The maximum Gasteiger partial charge on any atom is 0.137 e. The first-order chi connectivity index (χ1) is 9.92. The molecule has 100 valence electrons. The zero-order chi connectivity index (χ0) is 13.6. The topological polar surface area (TPSA) is 39.9 Å². The van der Waals surface area contributed by atoms with E-state index in [1.54, 1.807) is 12.4 Å². The van der Waals surface area contributed by atoms with Crippen molar-refractivity contribution in [3.63, 3.8) is 0 Å². The summed E-state index contributed by atoms with van der Waals surface area (Å²) in [6.07, 6.45) is 7.54. The molecule has 0 spiro atoms. The first kappa shape index (κ1) is 12.4. The van der Waals surface area contributed by atoms with Crippen molar-refractivity contribution in [2.24, 2.45) is 0 Å². The second-order valence-electron chi connectivity index (χ2n) is 4.36. The number of aromatic nitrogens is 3. The molecule has 0 aliphatic carbocycles. The molecule has 3 aromatic rings. The fraction of sp³-hybridized carbons (Fsp3) is 0.125. The SMILES string of the molecule is c1ccc(-c2ccc(OCCn3cccc3)cn2)nc1. The quantitative estimate of drug-likeness (QED) is 0.712. The maximum atomic E-state index is 5.67. The molecule has 0 aliphatic rings. The van der Waals surface area contributed by atoms with Gasteiger partial charge in [-0.15, -0.1) is 0 Å². The minimum atomic E-state index is 0.624. The Bertz CT molecular complexity index is 633. The molecule has 0 aromatic carbocycles. The Balaban J connectivity index is 1.59. The van der Waals surface area contributed by atoms with Gasteiger partial charge in [-0.05, 0) is 36.4 Å². The van der Waals surface area contributed by atoms with E-state index in [4.69, 9.17) is 4.74 Å². The van der Waals surface area contributed by atoms with Gasteiger partial charge in [-0.2, -0.15) is 0 Å². The highest BCUT2D eigenvalue weighted by molar-refractivity contribution is 5.53. The lowest BCUT2D eigenvalue weighted by Gasteiger charge is -2.07. The van der Waals surface area contributed by atoms with Crippen LogP contribution in [0.15, 0.2) is 67.3 Å². The van der Waals surface area contributed by atoms with Crippen molar-refractivity contribution in [2.45, 2.75) is 6.54 Å². The van der Waals surface area contributed by atoms with E-state index in [1.807, 2.05) is 54.9 Å². The summed E-state index contributed by atoms with van der Waals surface area (Å²) in [7, 11) is 0. The lowest BCUT2D eigenvalue weighted by molar-refractivity contribution is 0.297. The number of rotatable bonds is 5. The lowest BCUT2D eigenvalue weighted by Crippen LogP contribution is -2.06. The number of hydrogen-bond acceptors (Lipinski definition) is 3. The molecule has 3 heterocycles. The van der Waals surface area contributed by atoms with Crippen LogP contribution >= 0.6 is 0 Å². The highest BCUT2D eigenvalue weighted by Gasteiger charge is 2.00. The summed E-state index contributed by atoms with van der Waals surface area (Å²) in [5.74, 6) is 0.775. The van der Waals surface area contributed by atoms with Crippen LogP contribution in [0, 0.1) is 0 Å². The standard InChI is InChI=1S/C16H15N3O/c1-2-8-17-15(5-1)16-7-6-14(13-18-16)20-12-11-19-9-3-4-10-19/h1-10,13H,11-12H2. The van der Waals surface area contributed by atoms with Crippen LogP contribution in [-0.2, 0) is 6.54 Å². The van der Waals surface area contributed by atoms with Crippen LogP contribution in [0.1, 0.15) is 0 Å². The van der Waals surface area contributed by atoms with Gasteiger partial charge in [-0.25, -0.2) is 0 Å². The van der Waals surface area contributed by atoms with Crippen molar-refractivity contribution in [3.05, 3.63) is 67.3 Å². The zero-order valence-corrected chi connectivity index (χ0v) is 11.0. The minimum Gasteiger partial charge on any atom is -0.490 e. The van der Waals surface area contributed by atoms with Gasteiger partial charge in [0.25, 0.3) is 0 Å². The molecular formula is C16H15N3O. The monoisotopic (exact) mass is 265 g/mol. The molecule has 3 rings (SSSR count). The van der Waals surface area contributed by atoms with Gasteiger partial charge >= 0.3 is 0 Å². The first-order valence-electron chi connectivity index (χ1n) is 6.53. The molecule has 4 nitrogen and oxygen atoms in total. The predicted octanol–water partition coefficient (Wildman–Crippen LogP) is 3.02. The van der Waals surface area contributed by atoms with Crippen molar-refractivity contribution in [1.29, 1.82) is 0 Å². The molecule has 20 heavy (non-hydrogen) atoms. The fourth-order valence-electron chi connectivity index (χ4n) is 1.92. The number of pyridine rings is 2. The molecule has 0 bridgehead atoms. The second kappa shape index (κ2) is 6.02. The van der Waals surface area contributed by atoms with E-state index in [1.165, 1.54) is 0 Å². The van der Waals surface area contributed by atoms with E-state index in [2.05, 4.69) is 14.5 Å². The Morgan fingerprint density at radius 1 is 0.900 bits per heavy atom. The lowest BCUT2D eigenvalue weighted by atomic mass is 10.2. The molecule has 0 aliphatic heterocycles. The second-order valence-corrected chi connectivity index (χ2v) is 4.36. The van der Waals surface area contributed by atoms with Crippen molar-refractivity contribution in [1.82, 2.24) is 14.5 Å². The van der Waals surface area contributed by atoms with Gasteiger partial charge in [0, 0.05) is 18.6 Å². The van der Waals surface area contributed by atoms with Crippen LogP contribution in [0.25, 0.3) is 11.4 Å². The summed E-state index contributed by atoms with van der Waals surface area (Å²) in [6, 6.07) is 13.6. The summed E-state index contributed by atoms with van der Waals surface area (Å²) in [5.41, 5.74) is 1.72. The molecule has 0 saturated heterocycles. The molecule has 0 unspecified atom stereocenters. The number of nitrogens with zero attached hydrogens (tertiary/aromatic N) is 3. The molecule has 0 radical (unpaired) electrons. The Kier molecular flexibility index (Phi) is 3.73. The number of hydrogen-bond donors (Lipinski definition) is 0. The Labute approximate surface area is 117 Å². The third-order valence-electron chi connectivity index (χ3n) is 2.95. The Morgan fingerprint density at radius 3 is 2.45 bits per heavy atom. The summed E-state index contributed by atoms with van der Waals surface area (Å²) >= 11 is 0. The highest BCUT2D eigenvalue weighted by atomic mass is 16.5. The van der Waals surface area contributed by atoms with Crippen LogP contribution in [-0.4, -0.2) is 21.1 Å². The van der Waals surface area contributed by atoms with Crippen molar-refractivity contribution < 1.29 is 4.74 Å². The van der Waals surface area contributed by atoms with Crippen LogP contribution < -0.4 is 4.74 Å². The van der Waals surface area contributed by atoms with Gasteiger partial charge in [0.15, 0.2) is 0 Å². The van der Waals surface area contributed by atoms with E-state index < -0.39 is 0 Å². The fourth-order valence-corrected chi connectivity index (χ4v) is 1.92. The maximum absolute atomic E-state index is 5.67. The highest BCUT2D eigenvalue weighted by Crippen LogP contribution is 2.16. The molecular weight excluding hydrogens is 250 g/mol.